The molecule has 2 aromatic rings. The number of carbonyl (C=O) groups excluding carboxylic acids is 1. The topological polar surface area (TPSA) is 94.2 Å². The molecule has 11 heteroatoms. The number of halogens is 2. The first kappa shape index (κ1) is 27.8. The number of amides is 1. The fraction of sp³-hybridized carbons (Fsp3) is 0.536. The number of fused-ring (bicyclic) bond motifs is 1. The Morgan fingerprint density at radius 3 is 2.46 bits per heavy atom. The molecule has 2 aromatic carbocycles. The number of nitrogens with one attached hydrogen (secondary N) is 1. The smallest absolute Gasteiger partial charge is 0.410 e. The van der Waals surface area contributed by atoms with E-state index in [0.29, 0.717) is 45.8 Å². The maximum atomic E-state index is 13.5. The molecular weight excluding hydrogens is 530 g/mol. The number of hydrogen-bond acceptors (Lipinski definition) is 7. The van der Waals surface area contributed by atoms with Gasteiger partial charge in [-0.1, -0.05) is 30.3 Å². The quantitative estimate of drug-likeness (QED) is 0.481. The van der Waals surface area contributed by atoms with Crippen LogP contribution in [0.2, 0.25) is 0 Å². The van der Waals surface area contributed by atoms with Crippen LogP contribution in [-0.2, 0) is 25.9 Å². The van der Waals surface area contributed by atoms with Gasteiger partial charge in [-0.05, 0) is 79.8 Å². The van der Waals surface area contributed by atoms with E-state index in [2.05, 4.69) is 10.1 Å². The summed E-state index contributed by atoms with van der Waals surface area (Å²) in [6.07, 6.45) is 2.54. The van der Waals surface area contributed by atoms with Crippen molar-refractivity contribution in [3.63, 3.8) is 0 Å². The Balaban J connectivity index is 1.29. The van der Waals surface area contributed by atoms with Crippen molar-refractivity contribution in [1.82, 2.24) is 10.2 Å². The molecule has 212 valence electrons. The van der Waals surface area contributed by atoms with Crippen LogP contribution < -0.4 is 10.1 Å². The molecule has 1 N–H and O–H groups in total. The lowest BCUT2D eigenvalue weighted by Crippen LogP contribution is -2.42. The average molecular weight is 565 g/mol. The normalized spacial score (nSPS) is 25.4. The number of rotatable bonds is 9. The van der Waals surface area contributed by atoms with Crippen LogP contribution in [0.3, 0.4) is 0 Å². The molecule has 0 aromatic heterocycles. The van der Waals surface area contributed by atoms with Gasteiger partial charge in [-0.3, -0.25) is 0 Å². The van der Waals surface area contributed by atoms with Gasteiger partial charge < -0.3 is 24.4 Å². The van der Waals surface area contributed by atoms with E-state index in [-0.39, 0.29) is 40.5 Å². The Morgan fingerprint density at radius 2 is 1.77 bits per heavy atom. The van der Waals surface area contributed by atoms with Crippen molar-refractivity contribution in [2.24, 2.45) is 17.8 Å². The molecule has 39 heavy (non-hydrogen) atoms. The number of ether oxygens (including phenoxy) is 3. The molecule has 4 atom stereocenters. The summed E-state index contributed by atoms with van der Waals surface area (Å²) >= 11 is 0. The van der Waals surface area contributed by atoms with Crippen LogP contribution in [0.4, 0.5) is 13.6 Å². The highest BCUT2D eigenvalue weighted by Crippen LogP contribution is 2.43. The van der Waals surface area contributed by atoms with Crippen LogP contribution in [-0.4, -0.2) is 63.8 Å². The van der Waals surface area contributed by atoms with Gasteiger partial charge in [0.1, 0.15) is 11.1 Å². The van der Waals surface area contributed by atoms with Gasteiger partial charge in [0.25, 0.3) is 0 Å². The molecular formula is C28H34F2N2O6S. The molecule has 1 saturated carbocycles. The molecule has 2 heterocycles. The lowest BCUT2D eigenvalue weighted by Gasteiger charge is -2.31. The lowest BCUT2D eigenvalue weighted by atomic mass is 10.0. The molecule has 0 bridgehead atoms. The van der Waals surface area contributed by atoms with Gasteiger partial charge >= 0.3 is 12.7 Å². The van der Waals surface area contributed by atoms with Crippen LogP contribution in [0, 0.1) is 17.8 Å². The first-order valence-corrected chi connectivity index (χ1v) is 14.9. The van der Waals surface area contributed by atoms with Gasteiger partial charge in [0.2, 0.25) is 0 Å². The van der Waals surface area contributed by atoms with Crippen molar-refractivity contribution >= 4 is 15.9 Å². The summed E-state index contributed by atoms with van der Waals surface area (Å²) in [4.78, 5) is 15.2. The maximum Gasteiger partial charge on any atom is 0.410 e. The molecule has 2 aliphatic heterocycles. The molecule has 2 saturated heterocycles. The average Bonchev–Trinajstić information content (AvgIpc) is 3.53. The second-order valence-electron chi connectivity index (χ2n) is 10.5. The second-order valence-corrected chi connectivity index (χ2v) is 12.6. The Bertz CT molecular complexity index is 1210. The van der Waals surface area contributed by atoms with E-state index in [9.17, 15) is 22.0 Å². The zero-order valence-electron chi connectivity index (χ0n) is 21.6. The highest BCUT2D eigenvalue weighted by molar-refractivity contribution is 7.92. The minimum atomic E-state index is -3.79. The predicted octanol–water partition coefficient (Wildman–Crippen LogP) is 4.45. The van der Waals surface area contributed by atoms with Crippen molar-refractivity contribution in [2.75, 3.05) is 26.4 Å². The first-order valence-electron chi connectivity index (χ1n) is 13.4. The van der Waals surface area contributed by atoms with Crippen LogP contribution in [0.5, 0.6) is 5.75 Å². The van der Waals surface area contributed by atoms with Gasteiger partial charge in [-0.15, -0.1) is 0 Å². The Hall–Kier alpha value is -2.76. The fourth-order valence-electron chi connectivity index (χ4n) is 6.01. The Labute approximate surface area is 227 Å². The van der Waals surface area contributed by atoms with Crippen LogP contribution >= 0.6 is 0 Å². The van der Waals surface area contributed by atoms with Crippen LogP contribution in [0.15, 0.2) is 59.5 Å². The highest BCUT2D eigenvalue weighted by atomic mass is 32.2. The van der Waals surface area contributed by atoms with Gasteiger partial charge in [0.05, 0.1) is 11.5 Å². The zero-order valence-corrected chi connectivity index (χ0v) is 22.4. The molecule has 3 aliphatic rings. The largest absolute Gasteiger partial charge is 0.449 e. The second kappa shape index (κ2) is 12.2. The van der Waals surface area contributed by atoms with Gasteiger partial charge in [0.15, 0.2) is 9.84 Å². The third-order valence-electron chi connectivity index (χ3n) is 8.06. The summed E-state index contributed by atoms with van der Waals surface area (Å²) in [5.41, 5.74) is 0.978. The number of benzene rings is 2. The van der Waals surface area contributed by atoms with E-state index in [4.69, 9.17) is 9.47 Å². The minimum Gasteiger partial charge on any atom is -0.449 e. The van der Waals surface area contributed by atoms with E-state index >= 15 is 0 Å². The molecule has 3 fully saturated rings. The van der Waals surface area contributed by atoms with E-state index in [0.717, 1.165) is 18.4 Å². The van der Waals surface area contributed by atoms with Crippen molar-refractivity contribution < 1.29 is 36.2 Å². The van der Waals surface area contributed by atoms with Crippen LogP contribution in [0.25, 0.3) is 0 Å². The molecule has 0 radical (unpaired) electrons. The van der Waals surface area contributed by atoms with Gasteiger partial charge in [-0.2, -0.15) is 8.78 Å². The standard InChI is InChI=1S/C28H34F2N2O6S/c29-27(30)38-23-6-8-24(9-7-23)39(34,35)26-25-15-22(14-21(25)16-31-26)32(17-19-4-2-1-3-5-19)28(33)37-18-20-10-12-36-13-11-20/h1-9,20-22,25-27,31H,10-18H2/t21-,22+,25+,26+/m1/s1. The number of sulfone groups is 1. The Morgan fingerprint density at radius 1 is 1.05 bits per heavy atom. The number of nitrogens with zero attached hydrogens (tertiary/aromatic N) is 1. The SMILES string of the molecule is O=C(OCC1CCOCC1)N(Cc1ccccc1)[C@H]1C[C@@H]2CN[C@@H](S(=O)(=O)c3ccc(OC(F)F)cc3)[C@H]2C1. The molecule has 1 aliphatic carbocycles. The van der Waals surface area contributed by atoms with Crippen molar-refractivity contribution in [1.29, 1.82) is 0 Å². The summed E-state index contributed by atoms with van der Waals surface area (Å²) in [7, 11) is -3.79. The fourth-order valence-corrected chi connectivity index (χ4v) is 7.93. The molecule has 1 amide bonds. The van der Waals surface area contributed by atoms with E-state index in [1.54, 1.807) is 4.90 Å². The third kappa shape index (κ3) is 6.53. The summed E-state index contributed by atoms with van der Waals surface area (Å²) < 4.78 is 67.6. The minimum absolute atomic E-state index is 0.0442. The predicted molar refractivity (Wildman–Crippen MR) is 139 cm³/mol. The van der Waals surface area contributed by atoms with Crippen LogP contribution in [0.1, 0.15) is 31.2 Å². The van der Waals surface area contributed by atoms with Crippen molar-refractivity contribution in [3.8, 4) is 5.75 Å². The monoisotopic (exact) mass is 564 g/mol. The summed E-state index contributed by atoms with van der Waals surface area (Å²) in [5.74, 6) is 0.0646. The molecule has 8 nitrogen and oxygen atoms in total. The third-order valence-corrected chi connectivity index (χ3v) is 10.2. The lowest BCUT2D eigenvalue weighted by molar-refractivity contribution is -0.0498. The van der Waals surface area contributed by atoms with Crippen molar-refractivity contribution in [3.05, 3.63) is 60.2 Å². The highest BCUT2D eigenvalue weighted by Gasteiger charge is 2.50. The summed E-state index contributed by atoms with van der Waals surface area (Å²) in [6, 6.07) is 14.6. The first-order chi connectivity index (χ1) is 18.8. The van der Waals surface area contributed by atoms with Gasteiger partial charge in [0, 0.05) is 25.8 Å². The molecule has 0 spiro atoms. The van der Waals surface area contributed by atoms with E-state index in [1.807, 2.05) is 30.3 Å². The number of alkyl halides is 2. The van der Waals surface area contributed by atoms with E-state index in [1.165, 1.54) is 24.3 Å². The maximum absolute atomic E-state index is 13.5. The van der Waals surface area contributed by atoms with Crippen molar-refractivity contribution in [2.45, 2.75) is 55.2 Å². The Kier molecular flexibility index (Phi) is 8.68. The molecule has 0 unspecified atom stereocenters. The summed E-state index contributed by atoms with van der Waals surface area (Å²) in [5, 5.41) is 2.34. The van der Waals surface area contributed by atoms with E-state index < -0.39 is 21.8 Å². The number of hydrogen-bond donors (Lipinski definition) is 1. The molecule has 5 rings (SSSR count). The van der Waals surface area contributed by atoms with Gasteiger partial charge in [-0.25, -0.2) is 13.2 Å². The summed E-state index contributed by atoms with van der Waals surface area (Å²) in [6.45, 7) is -0.388. The zero-order chi connectivity index (χ0) is 27.4. The number of carbonyl (C=O) groups is 1.